The van der Waals surface area contributed by atoms with Gasteiger partial charge in [-0.05, 0) is 31.0 Å². The smallest absolute Gasteiger partial charge is 0.335 e. The van der Waals surface area contributed by atoms with Crippen molar-refractivity contribution >= 4 is 5.97 Å². The number of nitrogens with one attached hydrogen (secondary N) is 1. The zero-order chi connectivity index (χ0) is 15.7. The molecule has 5 heteroatoms. The minimum absolute atomic E-state index is 0.233. The van der Waals surface area contributed by atoms with Gasteiger partial charge in [0, 0.05) is 19.2 Å². The van der Waals surface area contributed by atoms with Crippen LogP contribution in [-0.4, -0.2) is 43.5 Å². The van der Waals surface area contributed by atoms with Crippen LogP contribution in [0.4, 0.5) is 0 Å². The van der Waals surface area contributed by atoms with Gasteiger partial charge in [0.15, 0.2) is 0 Å². The highest BCUT2D eigenvalue weighted by Crippen LogP contribution is 2.13. The van der Waals surface area contributed by atoms with Crippen molar-refractivity contribution in [2.75, 3.05) is 26.4 Å². The summed E-state index contributed by atoms with van der Waals surface area (Å²) in [5.41, 5.74) is 0.233. The summed E-state index contributed by atoms with van der Waals surface area (Å²) >= 11 is 0. The molecule has 0 aliphatic heterocycles. The first-order valence-electron chi connectivity index (χ1n) is 7.31. The Labute approximate surface area is 126 Å². The summed E-state index contributed by atoms with van der Waals surface area (Å²) < 4.78 is 11.0. The van der Waals surface area contributed by atoms with E-state index in [0.29, 0.717) is 44.1 Å². The van der Waals surface area contributed by atoms with Crippen LogP contribution in [0.2, 0.25) is 0 Å². The van der Waals surface area contributed by atoms with Crippen molar-refractivity contribution in [2.45, 2.75) is 26.8 Å². The fourth-order valence-electron chi connectivity index (χ4n) is 1.86. The Bertz CT molecular complexity index is 434. The van der Waals surface area contributed by atoms with Crippen LogP contribution in [0.3, 0.4) is 0 Å². The lowest BCUT2D eigenvalue weighted by atomic mass is 10.1. The van der Waals surface area contributed by atoms with Crippen molar-refractivity contribution in [1.29, 1.82) is 0 Å². The van der Waals surface area contributed by atoms with Crippen LogP contribution in [0, 0.1) is 5.92 Å². The zero-order valence-corrected chi connectivity index (χ0v) is 13.0. The normalized spacial score (nSPS) is 12.4. The first-order valence-corrected chi connectivity index (χ1v) is 7.31. The number of rotatable bonds is 10. The molecule has 0 fully saturated rings. The molecule has 0 saturated heterocycles. The van der Waals surface area contributed by atoms with Crippen molar-refractivity contribution in [2.24, 2.45) is 5.92 Å². The molecule has 0 bridgehead atoms. The van der Waals surface area contributed by atoms with Crippen LogP contribution in [0.25, 0.3) is 0 Å². The molecule has 0 radical (unpaired) electrons. The van der Waals surface area contributed by atoms with Gasteiger partial charge in [0.1, 0.15) is 12.4 Å². The summed E-state index contributed by atoms with van der Waals surface area (Å²) in [7, 11) is 0. The van der Waals surface area contributed by atoms with Gasteiger partial charge in [-0.1, -0.05) is 19.9 Å². The molecule has 0 aliphatic carbocycles. The molecule has 0 aromatic heterocycles. The van der Waals surface area contributed by atoms with Crippen LogP contribution in [0.15, 0.2) is 24.3 Å². The number of hydrogen-bond donors (Lipinski definition) is 2. The summed E-state index contributed by atoms with van der Waals surface area (Å²) in [6.07, 6.45) is 0. The molecule has 2 N–H and O–H groups in total. The van der Waals surface area contributed by atoms with E-state index >= 15 is 0 Å². The Kier molecular flexibility index (Phi) is 7.79. The van der Waals surface area contributed by atoms with Crippen LogP contribution >= 0.6 is 0 Å². The lowest BCUT2D eigenvalue weighted by Gasteiger charge is -2.22. The Morgan fingerprint density at radius 1 is 1.38 bits per heavy atom. The number of ether oxygens (including phenoxy) is 2. The van der Waals surface area contributed by atoms with Crippen molar-refractivity contribution in [3.05, 3.63) is 29.8 Å². The van der Waals surface area contributed by atoms with Gasteiger partial charge < -0.3 is 19.9 Å². The molecule has 1 unspecified atom stereocenters. The number of hydrogen-bond acceptors (Lipinski definition) is 4. The molecular formula is C16H25NO4. The number of carboxylic acid groups (broad SMARTS) is 1. The standard InChI is InChI=1S/C16H25NO4/c1-4-20-11-15(12(2)3)17-8-9-21-14-7-5-6-13(10-14)16(18)19/h5-7,10,12,15,17H,4,8-9,11H2,1-3H3,(H,18,19). The summed E-state index contributed by atoms with van der Waals surface area (Å²) in [6, 6.07) is 6.80. The molecule has 1 aromatic carbocycles. The van der Waals surface area contributed by atoms with Crippen molar-refractivity contribution in [3.63, 3.8) is 0 Å². The van der Waals surface area contributed by atoms with Crippen LogP contribution < -0.4 is 10.1 Å². The zero-order valence-electron chi connectivity index (χ0n) is 13.0. The molecule has 1 atom stereocenters. The number of aromatic carboxylic acids is 1. The molecule has 0 spiro atoms. The molecule has 1 aromatic rings. The van der Waals surface area contributed by atoms with Gasteiger partial charge in [-0.3, -0.25) is 0 Å². The first-order chi connectivity index (χ1) is 10.0. The average Bonchev–Trinajstić information content (AvgIpc) is 2.46. The first kappa shape index (κ1) is 17.5. The average molecular weight is 295 g/mol. The Morgan fingerprint density at radius 2 is 2.14 bits per heavy atom. The quantitative estimate of drug-likeness (QED) is 0.649. The molecule has 118 valence electrons. The molecule has 0 aliphatic rings. The van der Waals surface area contributed by atoms with Crippen molar-refractivity contribution in [3.8, 4) is 5.75 Å². The summed E-state index contributed by atoms with van der Waals surface area (Å²) in [4.78, 5) is 10.9. The fraction of sp³-hybridized carbons (Fsp3) is 0.562. The second kappa shape index (κ2) is 9.37. The summed E-state index contributed by atoms with van der Waals surface area (Å²) in [5.74, 6) is 0.102. The third-order valence-corrected chi connectivity index (χ3v) is 3.16. The maximum absolute atomic E-state index is 10.9. The Balaban J connectivity index is 2.35. The van der Waals surface area contributed by atoms with Crippen molar-refractivity contribution in [1.82, 2.24) is 5.32 Å². The van der Waals surface area contributed by atoms with E-state index < -0.39 is 5.97 Å². The lowest BCUT2D eigenvalue weighted by molar-refractivity contribution is 0.0696. The van der Waals surface area contributed by atoms with Crippen molar-refractivity contribution < 1.29 is 19.4 Å². The molecular weight excluding hydrogens is 270 g/mol. The van der Waals surface area contributed by atoms with E-state index in [1.165, 1.54) is 6.07 Å². The summed E-state index contributed by atoms with van der Waals surface area (Å²) in [5, 5.41) is 12.3. The lowest BCUT2D eigenvalue weighted by Crippen LogP contribution is -2.40. The van der Waals surface area contributed by atoms with Gasteiger partial charge in [0.2, 0.25) is 0 Å². The third kappa shape index (κ3) is 6.60. The minimum Gasteiger partial charge on any atom is -0.492 e. The molecule has 1 rings (SSSR count). The predicted molar refractivity (Wildman–Crippen MR) is 82.0 cm³/mol. The topological polar surface area (TPSA) is 67.8 Å². The highest BCUT2D eigenvalue weighted by molar-refractivity contribution is 5.87. The molecule has 21 heavy (non-hydrogen) atoms. The van der Waals surface area contributed by atoms with E-state index in [2.05, 4.69) is 19.2 Å². The molecule has 0 amide bonds. The van der Waals surface area contributed by atoms with E-state index in [0.717, 1.165) is 0 Å². The Hall–Kier alpha value is -1.59. The van der Waals surface area contributed by atoms with E-state index in [1.807, 2.05) is 6.92 Å². The van der Waals surface area contributed by atoms with E-state index in [-0.39, 0.29) is 5.56 Å². The fourth-order valence-corrected chi connectivity index (χ4v) is 1.86. The van der Waals surface area contributed by atoms with Gasteiger partial charge in [0.25, 0.3) is 0 Å². The second-order valence-electron chi connectivity index (χ2n) is 5.15. The van der Waals surface area contributed by atoms with E-state index in [1.54, 1.807) is 18.2 Å². The van der Waals surface area contributed by atoms with Crippen LogP contribution in [0.1, 0.15) is 31.1 Å². The van der Waals surface area contributed by atoms with Gasteiger partial charge in [-0.25, -0.2) is 4.79 Å². The van der Waals surface area contributed by atoms with Gasteiger partial charge >= 0.3 is 5.97 Å². The Morgan fingerprint density at radius 3 is 2.76 bits per heavy atom. The molecule has 0 heterocycles. The number of carboxylic acids is 1. The second-order valence-corrected chi connectivity index (χ2v) is 5.15. The highest BCUT2D eigenvalue weighted by Gasteiger charge is 2.12. The van der Waals surface area contributed by atoms with Gasteiger partial charge in [-0.15, -0.1) is 0 Å². The monoisotopic (exact) mass is 295 g/mol. The van der Waals surface area contributed by atoms with Crippen LogP contribution in [-0.2, 0) is 4.74 Å². The van der Waals surface area contributed by atoms with E-state index in [4.69, 9.17) is 14.6 Å². The van der Waals surface area contributed by atoms with E-state index in [9.17, 15) is 4.79 Å². The largest absolute Gasteiger partial charge is 0.492 e. The van der Waals surface area contributed by atoms with Gasteiger partial charge in [0.05, 0.1) is 12.2 Å². The van der Waals surface area contributed by atoms with Crippen LogP contribution in [0.5, 0.6) is 5.75 Å². The molecule has 0 saturated carbocycles. The minimum atomic E-state index is -0.949. The predicted octanol–water partition coefficient (Wildman–Crippen LogP) is 2.41. The number of carbonyl (C=O) groups is 1. The molecule has 5 nitrogen and oxygen atoms in total. The summed E-state index contributed by atoms with van der Waals surface area (Å²) in [6.45, 7) is 8.84. The third-order valence-electron chi connectivity index (χ3n) is 3.16. The maximum atomic E-state index is 10.9. The van der Waals surface area contributed by atoms with Gasteiger partial charge in [-0.2, -0.15) is 0 Å². The number of benzene rings is 1. The SMILES string of the molecule is CCOCC(NCCOc1cccc(C(=O)O)c1)C(C)C. The highest BCUT2D eigenvalue weighted by atomic mass is 16.5. The maximum Gasteiger partial charge on any atom is 0.335 e.